The number of halogens is 1. The number of anilines is 1. The highest BCUT2D eigenvalue weighted by molar-refractivity contribution is 6.30. The van der Waals surface area contributed by atoms with Gasteiger partial charge in [-0.25, -0.2) is 0 Å². The molecule has 126 valence electrons. The molecule has 0 saturated carbocycles. The third-order valence-electron chi connectivity index (χ3n) is 4.64. The third-order valence-corrected chi connectivity index (χ3v) is 4.89. The monoisotopic (exact) mass is 343 g/mol. The lowest BCUT2D eigenvalue weighted by Crippen LogP contribution is -2.49. The summed E-state index contributed by atoms with van der Waals surface area (Å²) in [5.41, 5.74) is 8.30. The summed E-state index contributed by atoms with van der Waals surface area (Å²) in [4.78, 5) is 16.9. The summed E-state index contributed by atoms with van der Waals surface area (Å²) in [7, 11) is 0. The Bertz CT molecular complexity index is 709. The zero-order valence-electron chi connectivity index (χ0n) is 13.8. The van der Waals surface area contributed by atoms with E-state index >= 15 is 0 Å². The molecule has 0 aromatic heterocycles. The lowest BCUT2D eigenvalue weighted by Gasteiger charge is -2.38. The Labute approximate surface area is 147 Å². The van der Waals surface area contributed by atoms with Gasteiger partial charge in [0, 0.05) is 48.5 Å². The van der Waals surface area contributed by atoms with Gasteiger partial charge in [0.2, 0.25) is 0 Å². The molecule has 24 heavy (non-hydrogen) atoms. The van der Waals surface area contributed by atoms with E-state index in [-0.39, 0.29) is 5.91 Å². The molecule has 5 heteroatoms. The van der Waals surface area contributed by atoms with Crippen LogP contribution in [0.25, 0.3) is 0 Å². The van der Waals surface area contributed by atoms with Crippen molar-refractivity contribution in [2.75, 3.05) is 31.9 Å². The summed E-state index contributed by atoms with van der Waals surface area (Å²) in [6, 6.07) is 15.5. The number of rotatable bonds is 3. The number of nitrogen functional groups attached to an aromatic ring is 1. The second-order valence-electron chi connectivity index (χ2n) is 6.18. The molecule has 1 fully saturated rings. The number of nitrogens with two attached hydrogens (primary N) is 1. The summed E-state index contributed by atoms with van der Waals surface area (Å²) in [6.45, 7) is 5.37. The molecule has 2 N–H and O–H groups in total. The summed E-state index contributed by atoms with van der Waals surface area (Å²) >= 11 is 5.96. The van der Waals surface area contributed by atoms with Crippen LogP contribution in [0.2, 0.25) is 5.02 Å². The first-order valence-electron chi connectivity index (χ1n) is 8.19. The molecule has 1 atom stereocenters. The molecule has 0 aliphatic carbocycles. The molecule has 0 radical (unpaired) electrons. The fourth-order valence-electron chi connectivity index (χ4n) is 3.12. The van der Waals surface area contributed by atoms with Crippen LogP contribution in [0.1, 0.15) is 28.9 Å². The third kappa shape index (κ3) is 3.71. The lowest BCUT2D eigenvalue weighted by molar-refractivity contribution is 0.0582. The first kappa shape index (κ1) is 16.8. The second kappa shape index (κ2) is 7.24. The predicted molar refractivity (Wildman–Crippen MR) is 98.2 cm³/mol. The van der Waals surface area contributed by atoms with Crippen molar-refractivity contribution in [1.82, 2.24) is 9.80 Å². The van der Waals surface area contributed by atoms with E-state index in [0.717, 1.165) is 31.2 Å². The van der Waals surface area contributed by atoms with Gasteiger partial charge in [-0.15, -0.1) is 0 Å². The van der Waals surface area contributed by atoms with Crippen LogP contribution in [0.4, 0.5) is 5.69 Å². The van der Waals surface area contributed by atoms with Crippen LogP contribution in [0.3, 0.4) is 0 Å². The van der Waals surface area contributed by atoms with Gasteiger partial charge in [0.1, 0.15) is 0 Å². The van der Waals surface area contributed by atoms with E-state index < -0.39 is 0 Å². The van der Waals surface area contributed by atoms with Gasteiger partial charge in [-0.05, 0) is 42.8 Å². The smallest absolute Gasteiger partial charge is 0.254 e. The van der Waals surface area contributed by atoms with E-state index in [2.05, 4.69) is 24.0 Å². The average molecular weight is 344 g/mol. The molecule has 4 nitrogen and oxygen atoms in total. The molecule has 2 aromatic carbocycles. The first-order valence-corrected chi connectivity index (χ1v) is 8.57. The SMILES string of the molecule is CC(c1ccc(Cl)cc1)N1CCN(C(=O)c2cccc(N)c2)CC1. The van der Waals surface area contributed by atoms with Crippen LogP contribution in [-0.4, -0.2) is 41.9 Å². The highest BCUT2D eigenvalue weighted by Gasteiger charge is 2.25. The van der Waals surface area contributed by atoms with E-state index in [1.807, 2.05) is 29.2 Å². The van der Waals surface area contributed by atoms with Gasteiger partial charge < -0.3 is 10.6 Å². The van der Waals surface area contributed by atoms with Crippen LogP contribution in [0, 0.1) is 0 Å². The predicted octanol–water partition coefficient (Wildman–Crippen LogP) is 3.44. The standard InChI is InChI=1S/C19H22ClN3O/c1-14(15-5-7-17(20)8-6-15)22-9-11-23(12-10-22)19(24)16-3-2-4-18(21)13-16/h2-8,13-14H,9-12,21H2,1H3. The lowest BCUT2D eigenvalue weighted by atomic mass is 10.1. The largest absolute Gasteiger partial charge is 0.399 e. The van der Waals surface area contributed by atoms with Gasteiger partial charge in [0.05, 0.1) is 0 Å². The van der Waals surface area contributed by atoms with E-state index in [1.54, 1.807) is 12.1 Å². The van der Waals surface area contributed by atoms with Crippen LogP contribution < -0.4 is 5.73 Å². The summed E-state index contributed by atoms with van der Waals surface area (Å²) in [6.07, 6.45) is 0. The minimum atomic E-state index is 0.0566. The number of piperazine rings is 1. The Hall–Kier alpha value is -2.04. The van der Waals surface area contributed by atoms with Crippen LogP contribution >= 0.6 is 11.6 Å². The van der Waals surface area contributed by atoms with Crippen molar-refractivity contribution in [2.45, 2.75) is 13.0 Å². The number of nitrogens with zero attached hydrogens (tertiary/aromatic N) is 2. The molecule has 0 bridgehead atoms. The molecular weight excluding hydrogens is 322 g/mol. The highest BCUT2D eigenvalue weighted by Crippen LogP contribution is 2.23. The highest BCUT2D eigenvalue weighted by atomic mass is 35.5. The van der Waals surface area contributed by atoms with E-state index in [9.17, 15) is 4.79 Å². The quantitative estimate of drug-likeness (QED) is 0.868. The fraction of sp³-hybridized carbons (Fsp3) is 0.316. The van der Waals surface area contributed by atoms with Crippen molar-refractivity contribution in [3.63, 3.8) is 0 Å². The summed E-state index contributed by atoms with van der Waals surface area (Å²) in [5.74, 6) is 0.0566. The summed E-state index contributed by atoms with van der Waals surface area (Å²) in [5, 5.41) is 0.753. The molecule has 1 amide bonds. The normalized spacial score (nSPS) is 16.8. The second-order valence-corrected chi connectivity index (χ2v) is 6.62. The van der Waals surface area contributed by atoms with Crippen molar-refractivity contribution in [3.05, 3.63) is 64.7 Å². The van der Waals surface area contributed by atoms with Crippen LogP contribution in [-0.2, 0) is 0 Å². The van der Waals surface area contributed by atoms with E-state index in [1.165, 1.54) is 5.56 Å². The number of hydrogen-bond donors (Lipinski definition) is 1. The maximum Gasteiger partial charge on any atom is 0.254 e. The average Bonchev–Trinajstić information content (AvgIpc) is 2.61. The molecule has 0 spiro atoms. The molecule has 1 heterocycles. The van der Waals surface area contributed by atoms with Gasteiger partial charge in [-0.3, -0.25) is 9.69 Å². The Morgan fingerprint density at radius 2 is 1.75 bits per heavy atom. The molecule has 1 aliphatic rings. The van der Waals surface area contributed by atoms with Crippen molar-refractivity contribution in [1.29, 1.82) is 0 Å². The van der Waals surface area contributed by atoms with Gasteiger partial charge in [0.15, 0.2) is 0 Å². The Morgan fingerprint density at radius 1 is 1.08 bits per heavy atom. The van der Waals surface area contributed by atoms with Crippen molar-refractivity contribution < 1.29 is 4.79 Å². The van der Waals surface area contributed by atoms with Crippen LogP contribution in [0.15, 0.2) is 48.5 Å². The molecule has 3 rings (SSSR count). The first-order chi connectivity index (χ1) is 11.5. The zero-order valence-corrected chi connectivity index (χ0v) is 14.5. The van der Waals surface area contributed by atoms with Crippen molar-refractivity contribution in [3.8, 4) is 0 Å². The number of carbonyl (C=O) groups excluding carboxylic acids is 1. The maximum absolute atomic E-state index is 12.6. The van der Waals surface area contributed by atoms with Gasteiger partial charge in [-0.1, -0.05) is 29.8 Å². The molecule has 1 saturated heterocycles. The van der Waals surface area contributed by atoms with Gasteiger partial charge in [0.25, 0.3) is 5.91 Å². The Morgan fingerprint density at radius 3 is 2.38 bits per heavy atom. The van der Waals surface area contributed by atoms with Crippen molar-refractivity contribution in [2.24, 2.45) is 0 Å². The topological polar surface area (TPSA) is 49.6 Å². The van der Waals surface area contributed by atoms with Crippen molar-refractivity contribution >= 4 is 23.2 Å². The Balaban J connectivity index is 1.61. The Kier molecular flexibility index (Phi) is 5.07. The van der Waals surface area contributed by atoms with E-state index in [4.69, 9.17) is 17.3 Å². The zero-order chi connectivity index (χ0) is 17.1. The van der Waals surface area contributed by atoms with Gasteiger partial charge >= 0.3 is 0 Å². The summed E-state index contributed by atoms with van der Waals surface area (Å²) < 4.78 is 0. The maximum atomic E-state index is 12.6. The minimum Gasteiger partial charge on any atom is -0.399 e. The molecule has 1 aliphatic heterocycles. The number of carbonyl (C=O) groups is 1. The number of hydrogen-bond acceptors (Lipinski definition) is 3. The number of benzene rings is 2. The minimum absolute atomic E-state index is 0.0566. The van der Waals surface area contributed by atoms with E-state index in [0.29, 0.717) is 17.3 Å². The number of amides is 1. The molecular formula is C19H22ClN3O. The molecule has 2 aromatic rings. The fourth-order valence-corrected chi connectivity index (χ4v) is 3.24. The molecule has 1 unspecified atom stereocenters. The van der Waals surface area contributed by atoms with Crippen LogP contribution in [0.5, 0.6) is 0 Å². The van der Waals surface area contributed by atoms with Gasteiger partial charge in [-0.2, -0.15) is 0 Å².